The Hall–Kier alpha value is 0.170. The van der Waals surface area contributed by atoms with Crippen LogP contribution < -0.4 is 5.32 Å². The van der Waals surface area contributed by atoms with Crippen LogP contribution in [-0.2, 0) is 4.74 Å². The van der Waals surface area contributed by atoms with Crippen LogP contribution in [0, 0.1) is 0 Å². The number of ether oxygens (including phenoxy) is 1. The second-order valence-electron chi connectivity index (χ2n) is 3.19. The average Bonchev–Trinajstić information content (AvgIpc) is 2.15. The molecule has 1 fully saturated rings. The van der Waals surface area contributed by atoms with Gasteiger partial charge in [0.1, 0.15) is 0 Å². The predicted octanol–water partition coefficient (Wildman–Crippen LogP) is 0.738. The highest BCUT2D eigenvalue weighted by atomic mass is 35.5. The zero-order valence-electron chi connectivity index (χ0n) is 8.58. The van der Waals surface area contributed by atoms with Gasteiger partial charge in [0.2, 0.25) is 0 Å². The fourth-order valence-corrected chi connectivity index (χ4v) is 1.50. The number of hydrogen-bond acceptors (Lipinski definition) is 3. The smallest absolute Gasteiger partial charge is 0.0826 e. The first kappa shape index (κ1) is 13.2. The summed E-state index contributed by atoms with van der Waals surface area (Å²) in [6, 6.07) is 0. The van der Waals surface area contributed by atoms with Crippen LogP contribution in [0.15, 0.2) is 0 Å². The van der Waals surface area contributed by atoms with E-state index in [-0.39, 0.29) is 12.4 Å². The molecule has 0 aromatic heterocycles. The van der Waals surface area contributed by atoms with Gasteiger partial charge in [0.05, 0.1) is 12.7 Å². The van der Waals surface area contributed by atoms with E-state index in [4.69, 9.17) is 4.74 Å². The maximum Gasteiger partial charge on any atom is 0.0826 e. The Morgan fingerprint density at radius 1 is 1.46 bits per heavy atom. The standard InChI is InChI=1S/C9H20N2O.ClH/c1-3-10-7-9-8-11(4-2)5-6-12-9;/h9-10H,3-8H2,1-2H3;1H. The average molecular weight is 209 g/mol. The first-order valence-electron chi connectivity index (χ1n) is 4.91. The minimum absolute atomic E-state index is 0. The van der Waals surface area contributed by atoms with Crippen molar-refractivity contribution in [1.82, 2.24) is 10.2 Å². The molecule has 3 nitrogen and oxygen atoms in total. The molecule has 0 aromatic carbocycles. The number of hydrogen-bond donors (Lipinski definition) is 1. The van der Waals surface area contributed by atoms with Crippen LogP contribution in [0.5, 0.6) is 0 Å². The molecule has 1 aliphatic heterocycles. The molecular weight excluding hydrogens is 188 g/mol. The summed E-state index contributed by atoms with van der Waals surface area (Å²) in [5.74, 6) is 0. The number of rotatable bonds is 4. The van der Waals surface area contributed by atoms with Crippen LogP contribution in [-0.4, -0.2) is 50.3 Å². The van der Waals surface area contributed by atoms with Crippen molar-refractivity contribution in [2.45, 2.75) is 20.0 Å². The quantitative estimate of drug-likeness (QED) is 0.738. The van der Waals surface area contributed by atoms with Gasteiger partial charge in [0, 0.05) is 19.6 Å². The molecule has 13 heavy (non-hydrogen) atoms. The molecule has 1 saturated heterocycles. The van der Waals surface area contributed by atoms with Gasteiger partial charge in [0.15, 0.2) is 0 Å². The Kier molecular flexibility index (Phi) is 7.66. The number of nitrogens with zero attached hydrogens (tertiary/aromatic N) is 1. The topological polar surface area (TPSA) is 24.5 Å². The van der Waals surface area contributed by atoms with Gasteiger partial charge < -0.3 is 10.1 Å². The van der Waals surface area contributed by atoms with Gasteiger partial charge in [-0.25, -0.2) is 0 Å². The van der Waals surface area contributed by atoms with E-state index in [0.717, 1.165) is 39.3 Å². The summed E-state index contributed by atoms with van der Waals surface area (Å²) in [7, 11) is 0. The minimum atomic E-state index is 0. The zero-order chi connectivity index (χ0) is 8.81. The van der Waals surface area contributed by atoms with Crippen LogP contribution in [0.4, 0.5) is 0 Å². The largest absolute Gasteiger partial charge is 0.374 e. The molecule has 0 saturated carbocycles. The van der Waals surface area contributed by atoms with Gasteiger partial charge in [-0.15, -0.1) is 12.4 Å². The summed E-state index contributed by atoms with van der Waals surface area (Å²) in [5.41, 5.74) is 0. The fourth-order valence-electron chi connectivity index (χ4n) is 1.50. The molecule has 0 spiro atoms. The van der Waals surface area contributed by atoms with E-state index in [1.54, 1.807) is 0 Å². The Morgan fingerprint density at radius 2 is 2.23 bits per heavy atom. The molecule has 0 bridgehead atoms. The lowest BCUT2D eigenvalue weighted by Gasteiger charge is -2.32. The highest BCUT2D eigenvalue weighted by Crippen LogP contribution is 2.03. The Balaban J connectivity index is 0.00000144. The van der Waals surface area contributed by atoms with Gasteiger partial charge >= 0.3 is 0 Å². The van der Waals surface area contributed by atoms with Crippen molar-refractivity contribution >= 4 is 12.4 Å². The molecule has 1 N–H and O–H groups in total. The van der Waals surface area contributed by atoms with E-state index in [0.29, 0.717) is 6.10 Å². The SMILES string of the molecule is CCNCC1CN(CC)CCO1.Cl. The van der Waals surface area contributed by atoms with Crippen molar-refractivity contribution < 1.29 is 4.74 Å². The Bertz CT molecular complexity index is 124. The summed E-state index contributed by atoms with van der Waals surface area (Å²) < 4.78 is 5.61. The lowest BCUT2D eigenvalue weighted by Crippen LogP contribution is -2.46. The second kappa shape index (κ2) is 7.56. The van der Waals surface area contributed by atoms with Crippen LogP contribution in [0.2, 0.25) is 0 Å². The lowest BCUT2D eigenvalue weighted by atomic mass is 10.2. The van der Waals surface area contributed by atoms with Crippen molar-refractivity contribution in [2.24, 2.45) is 0 Å². The molecule has 1 atom stereocenters. The molecule has 0 amide bonds. The third kappa shape index (κ3) is 4.81. The summed E-state index contributed by atoms with van der Waals surface area (Å²) in [6.45, 7) is 10.6. The first-order chi connectivity index (χ1) is 5.86. The van der Waals surface area contributed by atoms with Crippen molar-refractivity contribution in [3.63, 3.8) is 0 Å². The second-order valence-corrected chi connectivity index (χ2v) is 3.19. The third-order valence-corrected chi connectivity index (χ3v) is 2.29. The maximum atomic E-state index is 5.61. The fraction of sp³-hybridized carbons (Fsp3) is 1.00. The molecule has 0 radical (unpaired) electrons. The van der Waals surface area contributed by atoms with E-state index >= 15 is 0 Å². The zero-order valence-corrected chi connectivity index (χ0v) is 9.40. The van der Waals surface area contributed by atoms with Gasteiger partial charge in [-0.2, -0.15) is 0 Å². The molecule has 0 aliphatic carbocycles. The normalized spacial score (nSPS) is 24.0. The van der Waals surface area contributed by atoms with Crippen molar-refractivity contribution in [1.29, 1.82) is 0 Å². The van der Waals surface area contributed by atoms with Crippen LogP contribution in [0.3, 0.4) is 0 Å². The van der Waals surface area contributed by atoms with Crippen molar-refractivity contribution in [3.8, 4) is 0 Å². The molecule has 1 rings (SSSR count). The van der Waals surface area contributed by atoms with Gasteiger partial charge in [0.25, 0.3) is 0 Å². The number of likely N-dealkylation sites (N-methyl/N-ethyl adjacent to an activating group) is 2. The van der Waals surface area contributed by atoms with E-state index in [9.17, 15) is 0 Å². The van der Waals surface area contributed by atoms with Crippen molar-refractivity contribution in [3.05, 3.63) is 0 Å². The molecule has 1 unspecified atom stereocenters. The molecule has 1 aliphatic rings. The summed E-state index contributed by atoms with van der Waals surface area (Å²) in [5, 5.41) is 3.31. The first-order valence-corrected chi connectivity index (χ1v) is 4.91. The third-order valence-electron chi connectivity index (χ3n) is 2.29. The molecule has 4 heteroatoms. The van der Waals surface area contributed by atoms with Gasteiger partial charge in [-0.1, -0.05) is 13.8 Å². The number of morpholine rings is 1. The highest BCUT2D eigenvalue weighted by Gasteiger charge is 2.17. The monoisotopic (exact) mass is 208 g/mol. The summed E-state index contributed by atoms with van der Waals surface area (Å²) in [6.07, 6.45) is 0.402. The van der Waals surface area contributed by atoms with Gasteiger partial charge in [-0.3, -0.25) is 4.90 Å². The van der Waals surface area contributed by atoms with Crippen molar-refractivity contribution in [2.75, 3.05) is 39.3 Å². The molecule has 1 heterocycles. The van der Waals surface area contributed by atoms with Crippen LogP contribution in [0.1, 0.15) is 13.8 Å². The lowest BCUT2D eigenvalue weighted by molar-refractivity contribution is -0.0250. The van der Waals surface area contributed by atoms with Crippen LogP contribution >= 0.6 is 12.4 Å². The summed E-state index contributed by atoms with van der Waals surface area (Å²) in [4.78, 5) is 2.44. The van der Waals surface area contributed by atoms with E-state index < -0.39 is 0 Å². The highest BCUT2D eigenvalue weighted by molar-refractivity contribution is 5.85. The Labute approximate surface area is 87.2 Å². The Morgan fingerprint density at radius 3 is 2.85 bits per heavy atom. The molecule has 0 aromatic rings. The molecule has 80 valence electrons. The predicted molar refractivity (Wildman–Crippen MR) is 57.6 cm³/mol. The number of nitrogens with one attached hydrogen (secondary N) is 1. The van der Waals surface area contributed by atoms with E-state index in [2.05, 4.69) is 24.1 Å². The number of halogens is 1. The van der Waals surface area contributed by atoms with Gasteiger partial charge in [-0.05, 0) is 13.1 Å². The summed E-state index contributed by atoms with van der Waals surface area (Å²) >= 11 is 0. The minimum Gasteiger partial charge on any atom is -0.374 e. The molecular formula is C9H21ClN2O. The maximum absolute atomic E-state index is 5.61. The van der Waals surface area contributed by atoms with E-state index in [1.807, 2.05) is 0 Å². The van der Waals surface area contributed by atoms with Crippen LogP contribution in [0.25, 0.3) is 0 Å². The van der Waals surface area contributed by atoms with E-state index in [1.165, 1.54) is 0 Å².